The van der Waals surface area contributed by atoms with Crippen LogP contribution in [0.25, 0.3) is 11.3 Å². The summed E-state index contributed by atoms with van der Waals surface area (Å²) >= 11 is 1.10. The molecule has 0 spiro atoms. The minimum atomic E-state index is -0.584. The van der Waals surface area contributed by atoms with Crippen LogP contribution < -0.4 is 5.32 Å². The molecule has 0 unspecified atom stereocenters. The number of nitrogens with zero attached hydrogens (tertiary/aromatic N) is 3. The number of benzene rings is 1. The van der Waals surface area contributed by atoms with Gasteiger partial charge in [0.05, 0.1) is 17.6 Å². The smallest absolute Gasteiger partial charge is 0.277 e. The van der Waals surface area contributed by atoms with Gasteiger partial charge >= 0.3 is 0 Å². The van der Waals surface area contributed by atoms with Crippen LogP contribution in [0.2, 0.25) is 0 Å². The Balaban J connectivity index is 1.81. The second-order valence-corrected chi connectivity index (χ2v) is 5.52. The molecule has 1 N–H and O–H groups in total. The molecule has 3 rings (SSSR count). The molecule has 0 saturated carbocycles. The second-order valence-electron chi connectivity index (χ2n) is 4.66. The Kier molecular flexibility index (Phi) is 4.07. The Hall–Kier alpha value is -2.74. The van der Waals surface area contributed by atoms with Crippen LogP contribution in [0.5, 0.6) is 0 Å². The van der Waals surface area contributed by atoms with Crippen LogP contribution in [0.4, 0.5) is 13.9 Å². The maximum Gasteiger partial charge on any atom is 0.277 e. The summed E-state index contributed by atoms with van der Waals surface area (Å²) in [7, 11) is 0. The fraction of sp³-hybridized carbons (Fsp3) is 0.0667. The Morgan fingerprint density at radius 1 is 1.22 bits per heavy atom. The lowest BCUT2D eigenvalue weighted by Crippen LogP contribution is -2.14. The first-order valence-electron chi connectivity index (χ1n) is 6.54. The third kappa shape index (κ3) is 3.37. The highest BCUT2D eigenvalue weighted by molar-refractivity contribution is 7.14. The van der Waals surface area contributed by atoms with E-state index in [-0.39, 0.29) is 22.1 Å². The van der Waals surface area contributed by atoms with Crippen LogP contribution in [-0.2, 0) is 0 Å². The van der Waals surface area contributed by atoms with E-state index in [2.05, 4.69) is 20.3 Å². The molecule has 0 bridgehead atoms. The van der Waals surface area contributed by atoms with Crippen molar-refractivity contribution in [2.45, 2.75) is 6.92 Å². The molecule has 0 aliphatic rings. The predicted molar refractivity (Wildman–Crippen MR) is 82.2 cm³/mol. The number of aryl methyl sites for hydroxylation is 1. The van der Waals surface area contributed by atoms with E-state index in [0.717, 1.165) is 29.5 Å². The molecule has 23 heavy (non-hydrogen) atoms. The van der Waals surface area contributed by atoms with Gasteiger partial charge in [0, 0.05) is 17.1 Å². The van der Waals surface area contributed by atoms with Crippen LogP contribution in [-0.4, -0.2) is 20.9 Å². The zero-order valence-electron chi connectivity index (χ0n) is 11.9. The first-order chi connectivity index (χ1) is 11.0. The molecule has 0 atom stereocenters. The molecule has 1 amide bonds. The Morgan fingerprint density at radius 2 is 2.04 bits per heavy atom. The topological polar surface area (TPSA) is 67.8 Å². The first kappa shape index (κ1) is 15.2. The predicted octanol–water partition coefficient (Wildman–Crippen LogP) is 3.44. The van der Waals surface area contributed by atoms with E-state index in [1.165, 1.54) is 17.8 Å². The van der Waals surface area contributed by atoms with Gasteiger partial charge in [-0.3, -0.25) is 15.1 Å². The molecule has 2 aromatic heterocycles. The van der Waals surface area contributed by atoms with Gasteiger partial charge in [-0.25, -0.2) is 18.7 Å². The number of carbonyl (C=O) groups is 1. The summed E-state index contributed by atoms with van der Waals surface area (Å²) < 4.78 is 26.9. The summed E-state index contributed by atoms with van der Waals surface area (Å²) in [6.07, 6.45) is 2.83. The van der Waals surface area contributed by atoms with Crippen LogP contribution in [0.1, 0.15) is 16.2 Å². The third-order valence-electron chi connectivity index (χ3n) is 2.94. The van der Waals surface area contributed by atoms with Crippen molar-refractivity contribution in [3.05, 3.63) is 59.0 Å². The molecule has 3 aromatic rings. The normalized spacial score (nSPS) is 10.6. The molecule has 5 nitrogen and oxygen atoms in total. The SMILES string of the molecule is Cc1cnc(C(=O)Nc2nc(-c3cc(F)ccc3F)cs2)cn1. The molecular formula is C15H10F2N4OS. The molecule has 0 fully saturated rings. The van der Waals surface area contributed by atoms with Crippen molar-refractivity contribution in [3.8, 4) is 11.3 Å². The highest BCUT2D eigenvalue weighted by Crippen LogP contribution is 2.27. The highest BCUT2D eigenvalue weighted by Gasteiger charge is 2.14. The number of aromatic nitrogens is 3. The summed E-state index contributed by atoms with van der Waals surface area (Å²) in [5.74, 6) is -1.62. The van der Waals surface area contributed by atoms with Gasteiger partial charge in [0.2, 0.25) is 0 Å². The summed E-state index contributed by atoms with van der Waals surface area (Å²) in [4.78, 5) is 24.1. The third-order valence-corrected chi connectivity index (χ3v) is 3.70. The number of amides is 1. The lowest BCUT2D eigenvalue weighted by atomic mass is 10.1. The van der Waals surface area contributed by atoms with Crippen molar-refractivity contribution in [3.63, 3.8) is 0 Å². The number of thiazole rings is 1. The minimum Gasteiger partial charge on any atom is -0.296 e. The fourth-order valence-electron chi connectivity index (χ4n) is 1.82. The number of hydrogen-bond acceptors (Lipinski definition) is 5. The van der Waals surface area contributed by atoms with Crippen molar-refractivity contribution in [1.82, 2.24) is 15.0 Å². The summed E-state index contributed by atoms with van der Waals surface area (Å²) in [6, 6.07) is 3.12. The first-order valence-corrected chi connectivity index (χ1v) is 7.42. The molecule has 0 saturated heterocycles. The zero-order chi connectivity index (χ0) is 16.4. The number of nitrogens with one attached hydrogen (secondary N) is 1. The Labute approximate surface area is 134 Å². The summed E-state index contributed by atoms with van der Waals surface area (Å²) in [5, 5.41) is 4.35. The van der Waals surface area contributed by atoms with Crippen LogP contribution in [0, 0.1) is 18.6 Å². The zero-order valence-corrected chi connectivity index (χ0v) is 12.7. The van der Waals surface area contributed by atoms with Gasteiger partial charge in [-0.1, -0.05) is 0 Å². The van der Waals surface area contributed by atoms with Gasteiger partial charge in [-0.2, -0.15) is 0 Å². The van der Waals surface area contributed by atoms with E-state index in [9.17, 15) is 13.6 Å². The number of anilines is 1. The van der Waals surface area contributed by atoms with E-state index in [1.54, 1.807) is 6.92 Å². The maximum absolute atomic E-state index is 13.7. The van der Waals surface area contributed by atoms with Crippen molar-refractivity contribution in [1.29, 1.82) is 0 Å². The summed E-state index contributed by atoms with van der Waals surface area (Å²) in [5.41, 5.74) is 1.12. The van der Waals surface area contributed by atoms with Gasteiger partial charge in [-0.15, -0.1) is 11.3 Å². The molecule has 1 aromatic carbocycles. The van der Waals surface area contributed by atoms with E-state index < -0.39 is 17.5 Å². The Bertz CT molecular complexity index is 864. The maximum atomic E-state index is 13.7. The van der Waals surface area contributed by atoms with E-state index in [4.69, 9.17) is 0 Å². The summed E-state index contributed by atoms with van der Waals surface area (Å²) in [6.45, 7) is 1.76. The van der Waals surface area contributed by atoms with Crippen LogP contribution in [0.3, 0.4) is 0 Å². The largest absolute Gasteiger partial charge is 0.296 e. The molecule has 0 aliphatic heterocycles. The molecule has 2 heterocycles. The van der Waals surface area contributed by atoms with Gasteiger partial charge in [-0.05, 0) is 25.1 Å². The molecule has 0 aliphatic carbocycles. The molecular weight excluding hydrogens is 322 g/mol. The number of rotatable bonds is 3. The number of carbonyl (C=O) groups excluding carboxylic acids is 1. The van der Waals surface area contributed by atoms with Gasteiger partial charge in [0.25, 0.3) is 5.91 Å². The van der Waals surface area contributed by atoms with Gasteiger partial charge in [0.15, 0.2) is 5.13 Å². The average molecular weight is 332 g/mol. The highest BCUT2D eigenvalue weighted by atomic mass is 32.1. The molecule has 0 radical (unpaired) electrons. The quantitative estimate of drug-likeness (QED) is 0.798. The van der Waals surface area contributed by atoms with Crippen LogP contribution in [0.15, 0.2) is 36.0 Å². The van der Waals surface area contributed by atoms with Crippen molar-refractivity contribution >= 4 is 22.4 Å². The minimum absolute atomic E-state index is 0.0388. The van der Waals surface area contributed by atoms with Gasteiger partial charge in [0.1, 0.15) is 17.3 Å². The van der Waals surface area contributed by atoms with Crippen molar-refractivity contribution in [2.75, 3.05) is 5.32 Å². The monoisotopic (exact) mass is 332 g/mol. The van der Waals surface area contributed by atoms with E-state index in [1.807, 2.05) is 0 Å². The van der Waals surface area contributed by atoms with Crippen LogP contribution >= 0.6 is 11.3 Å². The van der Waals surface area contributed by atoms with Gasteiger partial charge < -0.3 is 0 Å². The number of hydrogen-bond donors (Lipinski definition) is 1. The second kappa shape index (κ2) is 6.17. The molecule has 116 valence electrons. The average Bonchev–Trinajstić information content (AvgIpc) is 2.98. The van der Waals surface area contributed by atoms with E-state index >= 15 is 0 Å². The van der Waals surface area contributed by atoms with Crippen molar-refractivity contribution in [2.24, 2.45) is 0 Å². The fourth-order valence-corrected chi connectivity index (χ4v) is 2.53. The van der Waals surface area contributed by atoms with E-state index in [0.29, 0.717) is 5.69 Å². The molecule has 8 heteroatoms. The Morgan fingerprint density at radius 3 is 2.78 bits per heavy atom. The lowest BCUT2D eigenvalue weighted by Gasteiger charge is -2.01. The number of halogens is 2. The lowest BCUT2D eigenvalue weighted by molar-refractivity contribution is 0.102. The standard InChI is InChI=1S/C15H10F2N4OS/c1-8-5-19-12(6-18-8)14(22)21-15-20-13(7-23-15)10-4-9(16)2-3-11(10)17/h2-7H,1H3,(H,20,21,22). The van der Waals surface area contributed by atoms with Crippen molar-refractivity contribution < 1.29 is 13.6 Å².